The van der Waals surface area contributed by atoms with Crippen molar-refractivity contribution in [3.63, 3.8) is 0 Å². The van der Waals surface area contributed by atoms with Crippen molar-refractivity contribution in [2.75, 3.05) is 6.54 Å². The molecule has 4 heterocycles. The number of pyridine rings is 1. The SMILES string of the molecule is Cc1nc2sc(C(c3ccc([N+](=O)[O-])cc3)N3CCCCC3c3cccnc3)c(O)n2n1. The fourth-order valence-corrected chi connectivity index (χ4v) is 5.64. The van der Waals surface area contributed by atoms with Gasteiger partial charge in [-0.2, -0.15) is 4.52 Å². The lowest BCUT2D eigenvalue weighted by Gasteiger charge is -2.41. The quantitative estimate of drug-likeness (QED) is 0.354. The first-order chi connectivity index (χ1) is 15.5. The van der Waals surface area contributed by atoms with Gasteiger partial charge in [0.15, 0.2) is 0 Å². The monoisotopic (exact) mass is 450 g/mol. The first-order valence-corrected chi connectivity index (χ1v) is 11.3. The van der Waals surface area contributed by atoms with E-state index in [0.29, 0.717) is 10.8 Å². The average molecular weight is 451 g/mol. The van der Waals surface area contributed by atoms with E-state index in [0.717, 1.165) is 41.8 Å². The molecule has 2 atom stereocenters. The lowest BCUT2D eigenvalue weighted by atomic mass is 9.92. The number of nitro groups is 1. The maximum Gasteiger partial charge on any atom is 0.269 e. The second-order valence-corrected chi connectivity index (χ2v) is 8.94. The zero-order chi connectivity index (χ0) is 22.2. The van der Waals surface area contributed by atoms with Crippen molar-refractivity contribution >= 4 is 22.0 Å². The Hall–Kier alpha value is -3.37. The van der Waals surface area contributed by atoms with E-state index in [1.807, 2.05) is 12.3 Å². The Morgan fingerprint density at radius 2 is 2.06 bits per heavy atom. The number of fused-ring (bicyclic) bond motifs is 1. The van der Waals surface area contributed by atoms with E-state index in [9.17, 15) is 15.2 Å². The molecule has 1 aromatic carbocycles. The number of benzene rings is 1. The van der Waals surface area contributed by atoms with Crippen molar-refractivity contribution in [2.24, 2.45) is 0 Å². The molecule has 0 radical (unpaired) electrons. The molecule has 5 rings (SSSR count). The smallest absolute Gasteiger partial charge is 0.269 e. The van der Waals surface area contributed by atoms with Crippen LogP contribution in [-0.4, -0.2) is 41.1 Å². The molecule has 2 unspecified atom stereocenters. The van der Waals surface area contributed by atoms with Gasteiger partial charge in [-0.3, -0.25) is 20.0 Å². The molecule has 32 heavy (non-hydrogen) atoms. The largest absolute Gasteiger partial charge is 0.492 e. The third kappa shape index (κ3) is 3.61. The molecule has 0 aliphatic carbocycles. The highest BCUT2D eigenvalue weighted by Crippen LogP contribution is 2.45. The van der Waals surface area contributed by atoms with Crippen LogP contribution in [0.25, 0.3) is 4.96 Å². The van der Waals surface area contributed by atoms with Gasteiger partial charge < -0.3 is 5.11 Å². The van der Waals surface area contributed by atoms with E-state index in [-0.39, 0.29) is 23.7 Å². The molecule has 4 aromatic rings. The highest BCUT2D eigenvalue weighted by atomic mass is 32.1. The summed E-state index contributed by atoms with van der Waals surface area (Å²) in [6, 6.07) is 10.4. The van der Waals surface area contributed by atoms with Gasteiger partial charge in [-0.05, 0) is 43.5 Å². The number of non-ortho nitro benzene ring substituents is 1. The van der Waals surface area contributed by atoms with E-state index in [1.54, 1.807) is 25.3 Å². The summed E-state index contributed by atoms with van der Waals surface area (Å²) in [5.74, 6) is 0.653. The van der Waals surface area contributed by atoms with Crippen LogP contribution in [0.15, 0.2) is 48.8 Å². The molecular weight excluding hydrogens is 428 g/mol. The molecule has 1 aliphatic heterocycles. The molecule has 1 saturated heterocycles. The van der Waals surface area contributed by atoms with E-state index in [2.05, 4.69) is 26.0 Å². The lowest BCUT2D eigenvalue weighted by Crippen LogP contribution is -2.37. The first-order valence-electron chi connectivity index (χ1n) is 10.5. The molecule has 1 fully saturated rings. The van der Waals surface area contributed by atoms with Gasteiger partial charge in [0.05, 0.1) is 15.8 Å². The van der Waals surface area contributed by atoms with Crippen LogP contribution in [0.4, 0.5) is 5.69 Å². The normalized spacial score (nSPS) is 18.1. The number of aromatic nitrogens is 4. The molecule has 0 saturated carbocycles. The van der Waals surface area contributed by atoms with Gasteiger partial charge in [-0.25, -0.2) is 4.98 Å². The molecule has 0 amide bonds. The van der Waals surface area contributed by atoms with E-state index >= 15 is 0 Å². The number of hydrogen-bond acceptors (Lipinski definition) is 8. The summed E-state index contributed by atoms with van der Waals surface area (Å²) in [5, 5.41) is 26.6. The van der Waals surface area contributed by atoms with Crippen molar-refractivity contribution in [1.29, 1.82) is 0 Å². The van der Waals surface area contributed by atoms with Crippen molar-refractivity contribution in [2.45, 2.75) is 38.3 Å². The van der Waals surface area contributed by atoms with E-state index in [1.165, 1.54) is 28.0 Å². The fourth-order valence-electron chi connectivity index (χ4n) is 4.49. The highest BCUT2D eigenvalue weighted by molar-refractivity contribution is 7.17. The minimum Gasteiger partial charge on any atom is -0.492 e. The Morgan fingerprint density at radius 1 is 1.25 bits per heavy atom. The summed E-state index contributed by atoms with van der Waals surface area (Å²) < 4.78 is 1.47. The number of rotatable bonds is 5. The van der Waals surface area contributed by atoms with Gasteiger partial charge in [0.25, 0.3) is 5.69 Å². The predicted octanol–water partition coefficient (Wildman–Crippen LogP) is 4.42. The minimum absolute atomic E-state index is 0.0393. The second-order valence-electron chi connectivity index (χ2n) is 7.93. The minimum atomic E-state index is -0.401. The zero-order valence-corrected chi connectivity index (χ0v) is 18.3. The van der Waals surface area contributed by atoms with Crippen LogP contribution in [0.3, 0.4) is 0 Å². The summed E-state index contributed by atoms with van der Waals surface area (Å²) in [6.45, 7) is 2.61. The van der Waals surface area contributed by atoms with Crippen LogP contribution in [0.1, 0.15) is 53.2 Å². The molecule has 1 aliphatic rings. The number of hydrogen-bond donors (Lipinski definition) is 1. The molecule has 10 heteroatoms. The van der Waals surface area contributed by atoms with Crippen LogP contribution < -0.4 is 0 Å². The van der Waals surface area contributed by atoms with Gasteiger partial charge in [-0.15, -0.1) is 5.10 Å². The van der Waals surface area contributed by atoms with Crippen LogP contribution in [0, 0.1) is 17.0 Å². The summed E-state index contributed by atoms with van der Waals surface area (Å²) in [6.07, 6.45) is 6.75. The number of aromatic hydroxyl groups is 1. The predicted molar refractivity (Wildman–Crippen MR) is 120 cm³/mol. The number of aryl methyl sites for hydroxylation is 1. The van der Waals surface area contributed by atoms with Crippen molar-refractivity contribution in [1.82, 2.24) is 24.5 Å². The molecule has 3 aromatic heterocycles. The number of likely N-dealkylation sites (tertiary alicyclic amines) is 1. The van der Waals surface area contributed by atoms with Crippen LogP contribution in [0.2, 0.25) is 0 Å². The average Bonchev–Trinajstić information content (AvgIpc) is 3.32. The Kier molecular flexibility index (Phi) is 5.32. The second kappa shape index (κ2) is 8.29. The Balaban J connectivity index is 1.65. The van der Waals surface area contributed by atoms with Crippen LogP contribution in [0.5, 0.6) is 5.88 Å². The fraction of sp³-hybridized carbons (Fsp3) is 0.318. The Bertz CT molecular complexity index is 1250. The van der Waals surface area contributed by atoms with E-state index < -0.39 is 4.92 Å². The van der Waals surface area contributed by atoms with Gasteiger partial charge in [0.1, 0.15) is 5.82 Å². The Morgan fingerprint density at radius 3 is 2.75 bits per heavy atom. The molecule has 0 spiro atoms. The van der Waals surface area contributed by atoms with Crippen molar-refractivity contribution in [3.05, 3.63) is 80.7 Å². The topological polar surface area (TPSA) is 110 Å². The van der Waals surface area contributed by atoms with Crippen molar-refractivity contribution < 1.29 is 10.0 Å². The first kappa shape index (κ1) is 20.5. The van der Waals surface area contributed by atoms with Gasteiger partial charge >= 0.3 is 0 Å². The lowest BCUT2D eigenvalue weighted by molar-refractivity contribution is -0.384. The maximum absolute atomic E-state index is 11.2. The molecular formula is C22H22N6O3S. The molecule has 0 bridgehead atoms. The number of thiazole rings is 1. The summed E-state index contributed by atoms with van der Waals surface area (Å²) in [7, 11) is 0. The third-order valence-electron chi connectivity index (χ3n) is 5.92. The summed E-state index contributed by atoms with van der Waals surface area (Å²) in [5.41, 5.74) is 2.04. The van der Waals surface area contributed by atoms with Crippen LogP contribution in [-0.2, 0) is 0 Å². The standard InChI is InChI=1S/C22H22N6O3S/c1-14-24-22-27(25-14)21(29)20(32-22)19(15-7-9-17(10-8-15)28(30)31)26-12-3-2-6-18(26)16-5-4-11-23-13-16/h4-5,7-11,13,18-19,29H,2-3,6,12H2,1H3. The number of nitrogens with zero attached hydrogens (tertiary/aromatic N) is 6. The summed E-state index contributed by atoms with van der Waals surface area (Å²) in [4.78, 5) is 23.2. The maximum atomic E-state index is 11.2. The van der Waals surface area contributed by atoms with Gasteiger partial charge in [0, 0.05) is 30.6 Å². The molecule has 9 nitrogen and oxygen atoms in total. The number of nitro benzene ring substituents is 1. The van der Waals surface area contributed by atoms with E-state index in [4.69, 9.17) is 0 Å². The molecule has 164 valence electrons. The third-order valence-corrected chi connectivity index (χ3v) is 6.99. The van der Waals surface area contributed by atoms with Crippen molar-refractivity contribution in [3.8, 4) is 5.88 Å². The zero-order valence-electron chi connectivity index (χ0n) is 17.5. The highest BCUT2D eigenvalue weighted by Gasteiger charge is 2.36. The van der Waals surface area contributed by atoms with Gasteiger partial charge in [-0.1, -0.05) is 36.0 Å². The Labute approximate surface area is 188 Å². The number of piperidine rings is 1. The van der Waals surface area contributed by atoms with Gasteiger partial charge in [0.2, 0.25) is 10.8 Å². The summed E-state index contributed by atoms with van der Waals surface area (Å²) >= 11 is 1.40. The van der Waals surface area contributed by atoms with Crippen LogP contribution >= 0.6 is 11.3 Å². The molecule has 1 N–H and O–H groups in total.